The maximum absolute atomic E-state index is 12.8. The van der Waals surface area contributed by atoms with E-state index in [-0.39, 0.29) is 23.0 Å². The van der Waals surface area contributed by atoms with E-state index in [1.54, 1.807) is 0 Å². The summed E-state index contributed by atoms with van der Waals surface area (Å²) in [4.78, 5) is 46.4. The first-order chi connectivity index (χ1) is 14.3. The molecule has 0 saturated carbocycles. The highest BCUT2D eigenvalue weighted by molar-refractivity contribution is 6.29. The van der Waals surface area contributed by atoms with Gasteiger partial charge in [-0.1, -0.05) is 18.2 Å². The molecular formula is C20H18ClN5O4. The quantitative estimate of drug-likeness (QED) is 0.365. The van der Waals surface area contributed by atoms with Gasteiger partial charge in [-0.05, 0) is 30.2 Å². The lowest BCUT2D eigenvalue weighted by molar-refractivity contribution is 0.0598. The second kappa shape index (κ2) is 7.10. The zero-order chi connectivity index (χ0) is 21.7. The van der Waals surface area contributed by atoms with Crippen LogP contribution in [-0.4, -0.2) is 36.7 Å². The van der Waals surface area contributed by atoms with E-state index in [1.807, 2.05) is 31.2 Å². The topological polar surface area (TPSA) is 101 Å². The van der Waals surface area contributed by atoms with Gasteiger partial charge < -0.3 is 9.30 Å². The number of esters is 1. The minimum atomic E-state index is -0.540. The number of halogens is 1. The van der Waals surface area contributed by atoms with Gasteiger partial charge in [-0.2, -0.15) is 4.98 Å². The Morgan fingerprint density at radius 3 is 2.53 bits per heavy atom. The van der Waals surface area contributed by atoms with Gasteiger partial charge >= 0.3 is 11.7 Å². The summed E-state index contributed by atoms with van der Waals surface area (Å²) in [6.07, 6.45) is 0. The van der Waals surface area contributed by atoms with E-state index in [2.05, 4.69) is 9.97 Å². The lowest BCUT2D eigenvalue weighted by Gasteiger charge is -2.14. The summed E-state index contributed by atoms with van der Waals surface area (Å²) in [6, 6.07) is 7.42. The maximum atomic E-state index is 12.8. The molecule has 154 valence electrons. The standard InChI is InChI=1S/C20H18ClN5O4/c1-10-11-7-5-6-8-12(11)22-13(14(10)18(28)30-4)9-26-15-16(23-19(26)21)24(2)20(29)25(3)17(15)27/h5-8H,9H2,1-4H3. The first-order valence-corrected chi connectivity index (χ1v) is 9.42. The Bertz CT molecular complexity index is 1460. The molecule has 3 heterocycles. The molecule has 0 radical (unpaired) electrons. The van der Waals surface area contributed by atoms with Crippen LogP contribution in [0.1, 0.15) is 21.6 Å². The van der Waals surface area contributed by atoms with E-state index in [0.717, 1.165) is 9.95 Å². The number of nitrogens with zero attached hydrogens (tertiary/aromatic N) is 5. The number of hydrogen-bond donors (Lipinski definition) is 0. The summed E-state index contributed by atoms with van der Waals surface area (Å²) in [7, 11) is 4.19. The van der Waals surface area contributed by atoms with E-state index in [4.69, 9.17) is 16.3 Å². The van der Waals surface area contributed by atoms with Gasteiger partial charge in [0.2, 0.25) is 5.28 Å². The molecule has 0 unspecified atom stereocenters. The number of imidazole rings is 1. The molecule has 0 fully saturated rings. The number of para-hydroxylation sites is 1. The molecule has 10 heteroatoms. The summed E-state index contributed by atoms with van der Waals surface area (Å²) >= 11 is 6.33. The molecule has 0 bridgehead atoms. The molecule has 0 spiro atoms. The van der Waals surface area contributed by atoms with Gasteiger partial charge in [0.15, 0.2) is 11.2 Å². The summed E-state index contributed by atoms with van der Waals surface area (Å²) in [5.74, 6) is -0.540. The van der Waals surface area contributed by atoms with Gasteiger partial charge in [-0.15, -0.1) is 0 Å². The largest absolute Gasteiger partial charge is 0.465 e. The molecule has 0 saturated heterocycles. The number of pyridine rings is 1. The van der Waals surface area contributed by atoms with Gasteiger partial charge in [0, 0.05) is 19.5 Å². The van der Waals surface area contributed by atoms with Crippen LogP contribution in [0.25, 0.3) is 22.1 Å². The van der Waals surface area contributed by atoms with Crippen LogP contribution in [-0.2, 0) is 25.4 Å². The number of fused-ring (bicyclic) bond motifs is 2. The van der Waals surface area contributed by atoms with Crippen LogP contribution in [0.2, 0.25) is 5.28 Å². The third kappa shape index (κ3) is 2.81. The normalized spacial score (nSPS) is 11.4. The molecule has 0 amide bonds. The second-order valence-corrected chi connectivity index (χ2v) is 7.25. The van der Waals surface area contributed by atoms with Gasteiger partial charge in [-0.3, -0.25) is 13.9 Å². The Hall–Kier alpha value is -3.46. The van der Waals surface area contributed by atoms with Crippen molar-refractivity contribution < 1.29 is 9.53 Å². The van der Waals surface area contributed by atoms with E-state index >= 15 is 0 Å². The van der Waals surface area contributed by atoms with Gasteiger partial charge in [0.25, 0.3) is 5.56 Å². The van der Waals surface area contributed by atoms with E-state index in [9.17, 15) is 14.4 Å². The van der Waals surface area contributed by atoms with Crippen LogP contribution in [0.3, 0.4) is 0 Å². The Labute approximate surface area is 175 Å². The van der Waals surface area contributed by atoms with Gasteiger partial charge in [0.05, 0.1) is 30.4 Å². The fourth-order valence-corrected chi connectivity index (χ4v) is 3.87. The first kappa shape index (κ1) is 19.8. The number of carbonyl (C=O) groups excluding carboxylic acids is 1. The number of aryl methyl sites for hydroxylation is 2. The highest BCUT2D eigenvalue weighted by Gasteiger charge is 2.23. The fraction of sp³-hybridized carbons (Fsp3) is 0.250. The van der Waals surface area contributed by atoms with Crippen molar-refractivity contribution in [2.45, 2.75) is 13.5 Å². The molecule has 3 aromatic heterocycles. The van der Waals surface area contributed by atoms with Crippen LogP contribution in [0.4, 0.5) is 0 Å². The number of methoxy groups -OCH3 is 1. The van der Waals surface area contributed by atoms with Crippen molar-refractivity contribution in [2.24, 2.45) is 14.1 Å². The van der Waals surface area contributed by atoms with Crippen LogP contribution in [0.5, 0.6) is 0 Å². The number of rotatable bonds is 3. The smallest absolute Gasteiger partial charge is 0.340 e. The predicted molar refractivity (Wildman–Crippen MR) is 112 cm³/mol. The lowest BCUT2D eigenvalue weighted by Crippen LogP contribution is -2.37. The number of ether oxygens (including phenoxy) is 1. The Morgan fingerprint density at radius 1 is 1.13 bits per heavy atom. The maximum Gasteiger partial charge on any atom is 0.340 e. The van der Waals surface area contributed by atoms with Crippen molar-refractivity contribution in [1.29, 1.82) is 0 Å². The SMILES string of the molecule is COC(=O)c1c(Cn2c(Cl)nc3c2c(=O)n(C)c(=O)n3C)nc2ccccc2c1C. The Kier molecular flexibility index (Phi) is 4.70. The summed E-state index contributed by atoms with van der Waals surface area (Å²) in [5, 5.41) is 0.827. The molecule has 4 rings (SSSR count). The Morgan fingerprint density at radius 2 is 1.83 bits per heavy atom. The van der Waals surface area contributed by atoms with Crippen molar-refractivity contribution in [3.63, 3.8) is 0 Å². The molecule has 4 aromatic rings. The molecule has 0 aliphatic carbocycles. The van der Waals surface area contributed by atoms with E-state index < -0.39 is 17.2 Å². The Balaban J connectivity index is 2.04. The third-order valence-corrected chi connectivity index (χ3v) is 5.51. The van der Waals surface area contributed by atoms with Crippen molar-refractivity contribution >= 4 is 39.6 Å². The van der Waals surface area contributed by atoms with Crippen molar-refractivity contribution in [3.8, 4) is 0 Å². The second-order valence-electron chi connectivity index (χ2n) is 6.91. The zero-order valence-corrected chi connectivity index (χ0v) is 17.5. The van der Waals surface area contributed by atoms with Gasteiger partial charge in [-0.25, -0.2) is 14.6 Å². The molecule has 1 aromatic carbocycles. The van der Waals surface area contributed by atoms with Crippen LogP contribution < -0.4 is 11.2 Å². The molecule has 9 nitrogen and oxygen atoms in total. The first-order valence-electron chi connectivity index (χ1n) is 9.04. The predicted octanol–water partition coefficient (Wildman–Crippen LogP) is 1.78. The highest BCUT2D eigenvalue weighted by Crippen LogP contribution is 2.26. The average Bonchev–Trinajstić information content (AvgIpc) is 3.06. The molecule has 0 N–H and O–H groups in total. The minimum Gasteiger partial charge on any atom is -0.465 e. The van der Waals surface area contributed by atoms with E-state index in [1.165, 1.54) is 30.3 Å². The number of carbonyl (C=O) groups is 1. The molecular weight excluding hydrogens is 410 g/mol. The van der Waals surface area contributed by atoms with Crippen molar-refractivity contribution in [1.82, 2.24) is 23.7 Å². The van der Waals surface area contributed by atoms with E-state index in [0.29, 0.717) is 22.3 Å². The molecule has 0 aliphatic rings. The van der Waals surface area contributed by atoms with Crippen molar-refractivity contribution in [3.05, 3.63) is 67.2 Å². The van der Waals surface area contributed by atoms with Gasteiger partial charge in [0.1, 0.15) is 0 Å². The summed E-state index contributed by atoms with van der Waals surface area (Å²) in [5.41, 5.74) is 1.35. The monoisotopic (exact) mass is 427 g/mol. The summed E-state index contributed by atoms with van der Waals surface area (Å²) < 4.78 is 8.65. The lowest BCUT2D eigenvalue weighted by atomic mass is 10.0. The van der Waals surface area contributed by atoms with Crippen LogP contribution in [0, 0.1) is 6.92 Å². The highest BCUT2D eigenvalue weighted by atomic mass is 35.5. The fourth-order valence-electron chi connectivity index (χ4n) is 3.64. The zero-order valence-electron chi connectivity index (χ0n) is 16.8. The summed E-state index contributed by atoms with van der Waals surface area (Å²) in [6.45, 7) is 1.81. The third-order valence-electron chi connectivity index (χ3n) is 5.23. The molecule has 0 atom stereocenters. The molecule has 30 heavy (non-hydrogen) atoms. The number of aromatic nitrogens is 5. The van der Waals surface area contributed by atoms with Crippen LogP contribution in [0.15, 0.2) is 33.9 Å². The number of benzene rings is 1. The van der Waals surface area contributed by atoms with Crippen LogP contribution >= 0.6 is 11.6 Å². The average molecular weight is 428 g/mol. The van der Waals surface area contributed by atoms with Crippen molar-refractivity contribution in [2.75, 3.05) is 7.11 Å². The number of hydrogen-bond acceptors (Lipinski definition) is 6. The molecule has 0 aliphatic heterocycles. The minimum absolute atomic E-state index is 0.00111.